The Balaban J connectivity index is 2.20. The van der Waals surface area contributed by atoms with Gasteiger partial charge in [-0.2, -0.15) is 0 Å². The summed E-state index contributed by atoms with van der Waals surface area (Å²) in [6.45, 7) is 17.1. The van der Waals surface area contributed by atoms with Crippen molar-refractivity contribution in [3.63, 3.8) is 0 Å². The summed E-state index contributed by atoms with van der Waals surface area (Å²) in [4.78, 5) is 14.6. The first-order valence-corrected chi connectivity index (χ1v) is 8.74. The summed E-state index contributed by atoms with van der Waals surface area (Å²) in [6.07, 6.45) is 3.86. The van der Waals surface area contributed by atoms with Gasteiger partial charge in [-0.3, -0.25) is 9.69 Å². The van der Waals surface area contributed by atoms with E-state index in [1.807, 2.05) is 13.0 Å². The molecule has 0 amide bonds. The molecule has 0 spiro atoms. The zero-order valence-electron chi connectivity index (χ0n) is 15.3. The van der Waals surface area contributed by atoms with Crippen LogP contribution in [0, 0.1) is 6.92 Å². The zero-order valence-corrected chi connectivity index (χ0v) is 15.3. The molecule has 0 bridgehead atoms. The molecule has 1 aliphatic rings. The van der Waals surface area contributed by atoms with Crippen molar-refractivity contribution in [2.24, 2.45) is 0 Å². The molecule has 1 atom stereocenters. The standard InChI is InChI=1S/C21H26N2O2/c1-6-14(2)18-11-19-12-20(17(5)24)15(3)21(23(19)13-18)16(4)22-7-9-25-10-8-22/h6,11-13,16H,1-2,7-10H2,3-5H3. The van der Waals surface area contributed by atoms with Crippen LogP contribution in [0.2, 0.25) is 0 Å². The predicted octanol–water partition coefficient (Wildman–Crippen LogP) is 4.04. The van der Waals surface area contributed by atoms with Crippen molar-refractivity contribution in [1.82, 2.24) is 9.30 Å². The van der Waals surface area contributed by atoms with Gasteiger partial charge in [-0.1, -0.05) is 19.2 Å². The Bertz CT molecular complexity index is 841. The Labute approximate surface area is 149 Å². The molecular formula is C21H26N2O2. The highest BCUT2D eigenvalue weighted by Crippen LogP contribution is 2.30. The average molecular weight is 338 g/mol. The quantitative estimate of drug-likeness (QED) is 0.609. The van der Waals surface area contributed by atoms with Crippen molar-refractivity contribution < 1.29 is 9.53 Å². The van der Waals surface area contributed by atoms with Crippen LogP contribution < -0.4 is 0 Å². The smallest absolute Gasteiger partial charge is 0.160 e. The number of ketones is 1. The minimum atomic E-state index is 0.0979. The number of pyridine rings is 1. The number of fused-ring (bicyclic) bond motifs is 1. The lowest BCUT2D eigenvalue weighted by Crippen LogP contribution is -2.39. The lowest BCUT2D eigenvalue weighted by Gasteiger charge is -2.34. The Kier molecular flexibility index (Phi) is 4.93. The fourth-order valence-electron chi connectivity index (χ4n) is 3.69. The lowest BCUT2D eigenvalue weighted by molar-refractivity contribution is 0.0187. The summed E-state index contributed by atoms with van der Waals surface area (Å²) in [7, 11) is 0. The van der Waals surface area contributed by atoms with E-state index >= 15 is 0 Å². The van der Waals surface area contributed by atoms with Gasteiger partial charge in [-0.05, 0) is 49.6 Å². The van der Waals surface area contributed by atoms with E-state index in [1.54, 1.807) is 13.0 Å². The van der Waals surface area contributed by atoms with Gasteiger partial charge in [-0.25, -0.2) is 0 Å². The lowest BCUT2D eigenvalue weighted by atomic mass is 9.99. The number of aromatic nitrogens is 1. The van der Waals surface area contributed by atoms with Crippen LogP contribution in [-0.4, -0.2) is 41.4 Å². The molecule has 1 fully saturated rings. The van der Waals surface area contributed by atoms with Gasteiger partial charge in [0.1, 0.15) is 0 Å². The molecule has 1 saturated heterocycles. The SMILES string of the molecule is C=CC(=C)c1cc2cc(C(C)=O)c(C)c(C(C)N3CCOCC3)n2c1. The topological polar surface area (TPSA) is 34.0 Å². The summed E-state index contributed by atoms with van der Waals surface area (Å²) < 4.78 is 7.69. The van der Waals surface area contributed by atoms with Gasteiger partial charge in [0.2, 0.25) is 0 Å². The molecule has 132 valence electrons. The average Bonchev–Trinajstić information content (AvgIpc) is 3.04. The first-order valence-electron chi connectivity index (χ1n) is 8.74. The van der Waals surface area contributed by atoms with E-state index in [9.17, 15) is 4.79 Å². The van der Waals surface area contributed by atoms with E-state index in [2.05, 4.69) is 41.6 Å². The molecule has 2 aromatic rings. The van der Waals surface area contributed by atoms with Crippen LogP contribution in [0.5, 0.6) is 0 Å². The van der Waals surface area contributed by atoms with Gasteiger partial charge in [-0.15, -0.1) is 0 Å². The minimum Gasteiger partial charge on any atom is -0.379 e. The fourth-order valence-corrected chi connectivity index (χ4v) is 3.69. The van der Waals surface area contributed by atoms with Crippen molar-refractivity contribution in [2.75, 3.05) is 26.3 Å². The zero-order chi connectivity index (χ0) is 18.1. The number of morpholine rings is 1. The molecule has 3 heterocycles. The van der Waals surface area contributed by atoms with E-state index in [0.29, 0.717) is 0 Å². The number of hydrogen-bond acceptors (Lipinski definition) is 3. The van der Waals surface area contributed by atoms with E-state index < -0.39 is 0 Å². The first kappa shape index (κ1) is 17.6. The number of ether oxygens (including phenoxy) is 1. The molecule has 25 heavy (non-hydrogen) atoms. The molecule has 4 nitrogen and oxygen atoms in total. The summed E-state index contributed by atoms with van der Waals surface area (Å²) in [6, 6.07) is 4.25. The number of nitrogens with zero attached hydrogens (tertiary/aromatic N) is 2. The molecule has 0 radical (unpaired) electrons. The highest BCUT2D eigenvalue weighted by atomic mass is 16.5. The maximum absolute atomic E-state index is 12.2. The second-order valence-electron chi connectivity index (χ2n) is 6.70. The van der Waals surface area contributed by atoms with E-state index in [-0.39, 0.29) is 11.8 Å². The van der Waals surface area contributed by atoms with E-state index in [1.165, 1.54) is 0 Å². The van der Waals surface area contributed by atoms with Crippen LogP contribution in [0.1, 0.15) is 47.1 Å². The Morgan fingerprint density at radius 1 is 1.32 bits per heavy atom. The summed E-state index contributed by atoms with van der Waals surface area (Å²) in [5.74, 6) is 0.0979. The van der Waals surface area contributed by atoms with E-state index in [0.717, 1.165) is 59.8 Å². The van der Waals surface area contributed by atoms with Crippen molar-refractivity contribution in [3.05, 3.63) is 59.9 Å². The third-order valence-electron chi connectivity index (χ3n) is 5.18. The molecule has 0 aliphatic carbocycles. The maximum atomic E-state index is 12.2. The van der Waals surface area contributed by atoms with Gasteiger partial charge < -0.3 is 9.14 Å². The van der Waals surface area contributed by atoms with Crippen molar-refractivity contribution in [3.8, 4) is 0 Å². The van der Waals surface area contributed by atoms with Crippen LogP contribution in [0.3, 0.4) is 0 Å². The summed E-state index contributed by atoms with van der Waals surface area (Å²) in [5.41, 5.74) is 5.93. The summed E-state index contributed by atoms with van der Waals surface area (Å²) in [5, 5.41) is 0. The largest absolute Gasteiger partial charge is 0.379 e. The minimum absolute atomic E-state index is 0.0979. The van der Waals surface area contributed by atoms with Crippen molar-refractivity contribution in [1.29, 1.82) is 0 Å². The van der Waals surface area contributed by atoms with Crippen molar-refractivity contribution in [2.45, 2.75) is 26.8 Å². The first-order chi connectivity index (χ1) is 11.9. The maximum Gasteiger partial charge on any atom is 0.160 e. The molecular weight excluding hydrogens is 312 g/mol. The number of carbonyl (C=O) groups excluding carboxylic acids is 1. The summed E-state index contributed by atoms with van der Waals surface area (Å²) >= 11 is 0. The second kappa shape index (κ2) is 6.98. The highest BCUT2D eigenvalue weighted by Gasteiger charge is 2.24. The van der Waals surface area contributed by atoms with Gasteiger partial charge in [0, 0.05) is 42.1 Å². The van der Waals surface area contributed by atoms with Crippen LogP contribution >= 0.6 is 0 Å². The Hall–Kier alpha value is -2.17. The normalized spacial score (nSPS) is 16.8. The molecule has 4 heteroatoms. The van der Waals surface area contributed by atoms with Gasteiger partial charge in [0.05, 0.1) is 13.2 Å². The predicted molar refractivity (Wildman–Crippen MR) is 102 cm³/mol. The number of Topliss-reactive ketones (excluding diaryl/α,β-unsaturated/α-hetero) is 1. The Morgan fingerprint density at radius 3 is 2.60 bits per heavy atom. The van der Waals surface area contributed by atoms with Crippen LogP contribution in [0.25, 0.3) is 11.1 Å². The molecule has 0 saturated carbocycles. The van der Waals surface area contributed by atoms with Crippen LogP contribution in [0.15, 0.2) is 37.6 Å². The van der Waals surface area contributed by atoms with Gasteiger partial charge in [0.25, 0.3) is 0 Å². The monoisotopic (exact) mass is 338 g/mol. The fraction of sp³-hybridized carbons (Fsp3) is 0.381. The highest BCUT2D eigenvalue weighted by molar-refractivity contribution is 5.97. The number of allylic oxidation sites excluding steroid dienone is 2. The third-order valence-corrected chi connectivity index (χ3v) is 5.18. The Morgan fingerprint density at radius 2 is 2.00 bits per heavy atom. The molecule has 1 unspecified atom stereocenters. The van der Waals surface area contributed by atoms with Gasteiger partial charge in [0.15, 0.2) is 5.78 Å². The number of carbonyl (C=O) groups is 1. The molecule has 3 rings (SSSR count). The van der Waals surface area contributed by atoms with Crippen LogP contribution in [-0.2, 0) is 4.74 Å². The number of hydrogen-bond donors (Lipinski definition) is 0. The molecule has 0 N–H and O–H groups in total. The second-order valence-corrected chi connectivity index (χ2v) is 6.70. The molecule has 0 aromatic carbocycles. The van der Waals surface area contributed by atoms with Gasteiger partial charge >= 0.3 is 0 Å². The number of rotatable bonds is 5. The molecule has 1 aliphatic heterocycles. The van der Waals surface area contributed by atoms with Crippen LogP contribution in [0.4, 0.5) is 0 Å². The van der Waals surface area contributed by atoms with Crippen molar-refractivity contribution >= 4 is 16.9 Å². The third kappa shape index (κ3) is 3.20. The van der Waals surface area contributed by atoms with E-state index in [4.69, 9.17) is 4.74 Å². The molecule has 2 aromatic heterocycles.